The summed E-state index contributed by atoms with van der Waals surface area (Å²) in [6.07, 6.45) is 3.42. The highest BCUT2D eigenvalue weighted by atomic mass is 32.1. The molecule has 5 nitrogen and oxygen atoms in total. The van der Waals surface area contributed by atoms with Gasteiger partial charge in [-0.05, 0) is 61.9 Å². The van der Waals surface area contributed by atoms with E-state index in [0.717, 1.165) is 46.3 Å². The van der Waals surface area contributed by atoms with Gasteiger partial charge in [0.2, 0.25) is 0 Å². The monoisotopic (exact) mass is 367 g/mol. The van der Waals surface area contributed by atoms with E-state index in [9.17, 15) is 4.79 Å². The number of fused-ring (bicyclic) bond motifs is 3. The summed E-state index contributed by atoms with van der Waals surface area (Å²) in [7, 11) is 1.38. The number of nitrogens with zero attached hydrogens (tertiary/aromatic N) is 2. The van der Waals surface area contributed by atoms with Crippen molar-refractivity contribution in [2.24, 2.45) is 5.92 Å². The number of anilines is 2. The Morgan fingerprint density at radius 2 is 2.04 bits per heavy atom. The fourth-order valence-electron chi connectivity index (χ4n) is 3.48. The van der Waals surface area contributed by atoms with Crippen LogP contribution >= 0.6 is 11.3 Å². The van der Waals surface area contributed by atoms with Gasteiger partial charge in [-0.2, -0.15) is 0 Å². The zero-order valence-corrected chi connectivity index (χ0v) is 15.9. The Morgan fingerprint density at radius 3 is 2.77 bits per heavy atom. The van der Waals surface area contributed by atoms with Crippen LogP contribution in [0.4, 0.5) is 11.5 Å². The van der Waals surface area contributed by atoms with E-state index in [0.29, 0.717) is 5.56 Å². The number of aromatic nitrogens is 2. The summed E-state index contributed by atoms with van der Waals surface area (Å²) in [6, 6.07) is 7.25. The predicted molar refractivity (Wildman–Crippen MR) is 104 cm³/mol. The smallest absolute Gasteiger partial charge is 0.337 e. The van der Waals surface area contributed by atoms with Gasteiger partial charge in [-0.25, -0.2) is 14.8 Å². The Labute approximate surface area is 156 Å². The molecule has 2 heterocycles. The van der Waals surface area contributed by atoms with Gasteiger partial charge >= 0.3 is 5.97 Å². The van der Waals surface area contributed by atoms with E-state index in [4.69, 9.17) is 4.74 Å². The van der Waals surface area contributed by atoms with Crippen LogP contribution < -0.4 is 5.32 Å². The third-order valence-electron chi connectivity index (χ3n) is 4.84. The second kappa shape index (κ2) is 6.68. The number of carbonyl (C=O) groups excluding carboxylic acids is 1. The number of ether oxygens (including phenoxy) is 1. The minimum atomic E-state index is -0.335. The van der Waals surface area contributed by atoms with Crippen LogP contribution in [0.15, 0.2) is 24.3 Å². The Kier molecular flexibility index (Phi) is 4.36. The number of esters is 1. The van der Waals surface area contributed by atoms with Crippen LogP contribution in [0.1, 0.15) is 40.0 Å². The number of aryl methyl sites for hydroxylation is 2. The van der Waals surface area contributed by atoms with E-state index < -0.39 is 0 Å². The Morgan fingerprint density at radius 1 is 1.27 bits per heavy atom. The SMILES string of the molecule is COC(=O)c1ccc(Nc2nc(C)nc3sc4c(c23)CC[C@@H](C)C4)cc1. The maximum absolute atomic E-state index is 11.6. The molecule has 134 valence electrons. The molecule has 0 fully saturated rings. The molecule has 6 heteroatoms. The standard InChI is InChI=1S/C20H21N3O2S/c1-11-4-9-15-16(10-11)26-19-17(15)18(21-12(2)22-19)23-14-7-5-13(6-8-14)20(24)25-3/h5-8,11H,4,9-10H2,1-3H3,(H,21,22,23)/t11-/m1/s1. The van der Waals surface area contributed by atoms with Crippen LogP contribution in [-0.4, -0.2) is 23.0 Å². The molecule has 1 aromatic carbocycles. The van der Waals surface area contributed by atoms with E-state index in [2.05, 4.69) is 22.2 Å². The van der Waals surface area contributed by atoms with Crippen molar-refractivity contribution < 1.29 is 9.53 Å². The molecule has 0 bridgehead atoms. The fourth-order valence-corrected chi connectivity index (χ4v) is 4.91. The summed E-state index contributed by atoms with van der Waals surface area (Å²) in [5.41, 5.74) is 2.82. The molecule has 1 N–H and O–H groups in total. The van der Waals surface area contributed by atoms with Crippen molar-refractivity contribution in [3.05, 3.63) is 46.1 Å². The molecule has 0 amide bonds. The van der Waals surface area contributed by atoms with Crippen molar-refractivity contribution >= 4 is 39.0 Å². The normalized spacial score (nSPS) is 16.3. The highest BCUT2D eigenvalue weighted by molar-refractivity contribution is 7.19. The van der Waals surface area contributed by atoms with E-state index in [1.54, 1.807) is 23.5 Å². The first-order valence-corrected chi connectivity index (χ1v) is 9.61. The molecule has 0 radical (unpaired) electrons. The zero-order chi connectivity index (χ0) is 18.3. The van der Waals surface area contributed by atoms with Crippen molar-refractivity contribution in [2.45, 2.75) is 33.1 Å². The molecular weight excluding hydrogens is 346 g/mol. The lowest BCUT2D eigenvalue weighted by molar-refractivity contribution is 0.0601. The summed E-state index contributed by atoms with van der Waals surface area (Å²) in [5.74, 6) is 2.01. The van der Waals surface area contributed by atoms with Gasteiger partial charge in [-0.3, -0.25) is 0 Å². The Hall–Kier alpha value is -2.47. The lowest BCUT2D eigenvalue weighted by atomic mass is 9.89. The largest absolute Gasteiger partial charge is 0.465 e. The number of thiophene rings is 1. The number of methoxy groups -OCH3 is 1. The fraction of sp³-hybridized carbons (Fsp3) is 0.350. The summed E-state index contributed by atoms with van der Waals surface area (Å²) in [6.45, 7) is 4.23. The average Bonchev–Trinajstić information content (AvgIpc) is 2.98. The number of benzene rings is 1. The number of nitrogens with one attached hydrogen (secondary N) is 1. The van der Waals surface area contributed by atoms with E-state index >= 15 is 0 Å². The molecule has 0 spiro atoms. The molecule has 3 aromatic rings. The minimum absolute atomic E-state index is 0.335. The second-order valence-electron chi connectivity index (χ2n) is 6.85. The highest BCUT2D eigenvalue weighted by Crippen LogP contribution is 2.40. The maximum Gasteiger partial charge on any atom is 0.337 e. The maximum atomic E-state index is 11.6. The summed E-state index contributed by atoms with van der Waals surface area (Å²) in [5, 5.41) is 4.58. The zero-order valence-electron chi connectivity index (χ0n) is 15.1. The molecule has 1 aliphatic rings. The van der Waals surface area contributed by atoms with Gasteiger partial charge in [0.05, 0.1) is 18.1 Å². The molecular formula is C20H21N3O2S. The summed E-state index contributed by atoms with van der Waals surface area (Å²) in [4.78, 5) is 23.4. The average molecular weight is 367 g/mol. The van der Waals surface area contributed by atoms with Crippen molar-refractivity contribution in [3.8, 4) is 0 Å². The minimum Gasteiger partial charge on any atom is -0.465 e. The quantitative estimate of drug-likeness (QED) is 0.683. The molecule has 2 aromatic heterocycles. The molecule has 0 saturated heterocycles. The van der Waals surface area contributed by atoms with Gasteiger partial charge in [0, 0.05) is 10.6 Å². The second-order valence-corrected chi connectivity index (χ2v) is 7.93. The molecule has 4 rings (SSSR count). The van der Waals surface area contributed by atoms with E-state index in [1.807, 2.05) is 19.1 Å². The summed E-state index contributed by atoms with van der Waals surface area (Å²) >= 11 is 1.80. The van der Waals surface area contributed by atoms with E-state index in [-0.39, 0.29) is 5.97 Å². The highest BCUT2D eigenvalue weighted by Gasteiger charge is 2.23. The van der Waals surface area contributed by atoms with Crippen LogP contribution in [0.25, 0.3) is 10.2 Å². The van der Waals surface area contributed by atoms with Gasteiger partial charge in [0.25, 0.3) is 0 Å². The van der Waals surface area contributed by atoms with Crippen LogP contribution in [0.3, 0.4) is 0 Å². The molecule has 1 atom stereocenters. The van der Waals surface area contributed by atoms with Crippen LogP contribution in [-0.2, 0) is 17.6 Å². The van der Waals surface area contributed by atoms with Gasteiger partial charge in [-0.1, -0.05) is 6.92 Å². The molecule has 26 heavy (non-hydrogen) atoms. The lowest BCUT2D eigenvalue weighted by Crippen LogP contribution is -2.09. The van der Waals surface area contributed by atoms with Crippen molar-refractivity contribution in [2.75, 3.05) is 12.4 Å². The van der Waals surface area contributed by atoms with Crippen molar-refractivity contribution in [1.82, 2.24) is 9.97 Å². The topological polar surface area (TPSA) is 64.1 Å². The van der Waals surface area contributed by atoms with Crippen molar-refractivity contribution in [1.29, 1.82) is 0 Å². The van der Waals surface area contributed by atoms with Gasteiger partial charge in [-0.15, -0.1) is 11.3 Å². The first kappa shape index (κ1) is 17.0. The van der Waals surface area contributed by atoms with Gasteiger partial charge in [0.1, 0.15) is 16.5 Å². The molecule has 1 aliphatic carbocycles. The first-order chi connectivity index (χ1) is 12.5. The number of hydrogen-bond donors (Lipinski definition) is 1. The van der Waals surface area contributed by atoms with Crippen molar-refractivity contribution in [3.63, 3.8) is 0 Å². The van der Waals surface area contributed by atoms with Crippen LogP contribution in [0.5, 0.6) is 0 Å². The number of carbonyl (C=O) groups is 1. The van der Waals surface area contributed by atoms with Gasteiger partial charge in [0.15, 0.2) is 0 Å². The first-order valence-electron chi connectivity index (χ1n) is 8.79. The Balaban J connectivity index is 1.73. The van der Waals surface area contributed by atoms with Gasteiger partial charge < -0.3 is 10.1 Å². The van der Waals surface area contributed by atoms with E-state index in [1.165, 1.54) is 24.0 Å². The van der Waals surface area contributed by atoms with Crippen LogP contribution in [0, 0.1) is 12.8 Å². The lowest BCUT2D eigenvalue weighted by Gasteiger charge is -2.18. The predicted octanol–water partition coefficient (Wildman–Crippen LogP) is 4.65. The third-order valence-corrected chi connectivity index (χ3v) is 5.98. The number of rotatable bonds is 3. The third kappa shape index (κ3) is 3.05. The molecule has 0 saturated carbocycles. The molecule has 0 unspecified atom stereocenters. The van der Waals surface area contributed by atoms with Crippen LogP contribution in [0.2, 0.25) is 0 Å². The molecule has 0 aliphatic heterocycles. The Bertz CT molecular complexity index is 979. The summed E-state index contributed by atoms with van der Waals surface area (Å²) < 4.78 is 4.75. The number of hydrogen-bond acceptors (Lipinski definition) is 6.